The van der Waals surface area contributed by atoms with Crippen LogP contribution in [0.15, 0.2) is 24.3 Å². The fourth-order valence-electron chi connectivity index (χ4n) is 4.41. The van der Waals surface area contributed by atoms with Gasteiger partial charge in [0.1, 0.15) is 6.04 Å². The van der Waals surface area contributed by atoms with E-state index >= 15 is 0 Å². The van der Waals surface area contributed by atoms with Gasteiger partial charge in [0.2, 0.25) is 17.7 Å². The number of aryl methyl sites for hydroxylation is 1. The third-order valence-electron chi connectivity index (χ3n) is 5.91. The van der Waals surface area contributed by atoms with Crippen LogP contribution >= 0.6 is 0 Å². The molecule has 6 nitrogen and oxygen atoms in total. The summed E-state index contributed by atoms with van der Waals surface area (Å²) in [5.41, 5.74) is 1.77. The molecule has 1 aliphatic heterocycles. The number of hydrogen-bond donors (Lipinski definition) is 2. The minimum atomic E-state index is -0.706. The van der Waals surface area contributed by atoms with E-state index in [1.54, 1.807) is 4.90 Å². The quantitative estimate of drug-likeness (QED) is 0.855. The molecule has 2 N–H and O–H groups in total. The molecule has 0 unspecified atom stereocenters. The Kier molecular flexibility index (Phi) is 4.89. The lowest BCUT2D eigenvalue weighted by atomic mass is 9.85. The smallest absolute Gasteiger partial charge is 0.243 e. The summed E-state index contributed by atoms with van der Waals surface area (Å²) < 4.78 is 0. The third kappa shape index (κ3) is 3.84. The fraction of sp³-hybridized carbons (Fsp3) is 0.571. The Labute approximate surface area is 159 Å². The van der Waals surface area contributed by atoms with Gasteiger partial charge in [0.25, 0.3) is 0 Å². The molecule has 0 aromatic heterocycles. The summed E-state index contributed by atoms with van der Waals surface area (Å²) in [7, 11) is 0. The van der Waals surface area contributed by atoms with Gasteiger partial charge in [-0.1, -0.05) is 25.0 Å². The summed E-state index contributed by atoms with van der Waals surface area (Å²) in [5.74, 6) is -0.314. The molecule has 1 aromatic carbocycles. The molecular weight excluding hydrogens is 342 g/mol. The normalized spacial score (nSPS) is 27.5. The molecule has 144 valence electrons. The van der Waals surface area contributed by atoms with Gasteiger partial charge in [0, 0.05) is 17.6 Å². The van der Waals surface area contributed by atoms with Crippen LogP contribution in [0.25, 0.3) is 0 Å². The summed E-state index contributed by atoms with van der Waals surface area (Å²) in [6.07, 6.45) is 5.75. The molecule has 1 saturated heterocycles. The van der Waals surface area contributed by atoms with E-state index in [2.05, 4.69) is 10.6 Å². The molecule has 0 radical (unpaired) electrons. The molecule has 3 aliphatic rings. The number of nitrogens with zero attached hydrogens (tertiary/aromatic N) is 1. The van der Waals surface area contributed by atoms with Crippen molar-refractivity contribution in [1.82, 2.24) is 10.2 Å². The van der Waals surface area contributed by atoms with Crippen molar-refractivity contribution in [3.8, 4) is 0 Å². The maximum atomic E-state index is 13.0. The Morgan fingerprint density at radius 2 is 1.96 bits per heavy atom. The Hall–Kier alpha value is -2.37. The van der Waals surface area contributed by atoms with Crippen LogP contribution in [0.3, 0.4) is 0 Å². The number of amides is 3. The van der Waals surface area contributed by atoms with E-state index in [0.29, 0.717) is 5.69 Å². The van der Waals surface area contributed by atoms with E-state index < -0.39 is 6.04 Å². The van der Waals surface area contributed by atoms with Crippen molar-refractivity contribution in [2.24, 2.45) is 5.92 Å². The van der Waals surface area contributed by atoms with Gasteiger partial charge in [-0.3, -0.25) is 14.4 Å². The number of fused-ring (bicyclic) bond motifs is 1. The van der Waals surface area contributed by atoms with E-state index in [9.17, 15) is 14.4 Å². The highest BCUT2D eigenvalue weighted by Crippen LogP contribution is 2.37. The van der Waals surface area contributed by atoms with E-state index in [1.807, 2.05) is 31.2 Å². The molecule has 3 amide bonds. The highest BCUT2D eigenvalue weighted by molar-refractivity contribution is 5.98. The predicted molar refractivity (Wildman–Crippen MR) is 102 cm³/mol. The predicted octanol–water partition coefficient (Wildman–Crippen LogP) is 2.37. The van der Waals surface area contributed by atoms with Crippen molar-refractivity contribution in [2.75, 3.05) is 5.32 Å². The average molecular weight is 369 g/mol. The van der Waals surface area contributed by atoms with Gasteiger partial charge in [-0.25, -0.2) is 0 Å². The highest BCUT2D eigenvalue weighted by atomic mass is 16.2. The SMILES string of the molecule is Cc1cccc(NC(=O)C[C@@H]2C(=O)N[C@H]3CCCC[C@H]3N2C(=O)C2CC2)c1. The van der Waals surface area contributed by atoms with Crippen molar-refractivity contribution < 1.29 is 14.4 Å². The number of hydrogen-bond acceptors (Lipinski definition) is 3. The lowest BCUT2D eigenvalue weighted by Gasteiger charge is -2.48. The first-order valence-corrected chi connectivity index (χ1v) is 10.0. The molecule has 6 heteroatoms. The summed E-state index contributed by atoms with van der Waals surface area (Å²) in [6, 6.07) is 6.92. The van der Waals surface area contributed by atoms with Crippen LogP contribution in [-0.4, -0.2) is 40.7 Å². The lowest BCUT2D eigenvalue weighted by Crippen LogP contribution is -2.68. The van der Waals surface area contributed by atoms with Crippen molar-refractivity contribution in [3.05, 3.63) is 29.8 Å². The molecule has 2 aliphatic carbocycles. The molecule has 27 heavy (non-hydrogen) atoms. The Bertz CT molecular complexity index is 759. The van der Waals surface area contributed by atoms with Crippen molar-refractivity contribution in [3.63, 3.8) is 0 Å². The van der Waals surface area contributed by atoms with E-state index in [1.165, 1.54) is 0 Å². The van der Waals surface area contributed by atoms with Crippen molar-refractivity contribution >= 4 is 23.4 Å². The summed E-state index contributed by atoms with van der Waals surface area (Å²) in [5, 5.41) is 5.95. The first-order chi connectivity index (χ1) is 13.0. The Morgan fingerprint density at radius 1 is 1.19 bits per heavy atom. The van der Waals surface area contributed by atoms with Crippen LogP contribution in [0.5, 0.6) is 0 Å². The molecule has 3 atom stereocenters. The Balaban J connectivity index is 1.52. The number of rotatable bonds is 4. The second-order valence-corrected chi connectivity index (χ2v) is 8.12. The largest absolute Gasteiger partial charge is 0.349 e. The zero-order valence-electron chi connectivity index (χ0n) is 15.7. The molecular formula is C21H27N3O3. The van der Waals surface area contributed by atoms with Gasteiger partial charge in [0.15, 0.2) is 0 Å². The minimum Gasteiger partial charge on any atom is -0.349 e. The van der Waals surface area contributed by atoms with Crippen LogP contribution in [-0.2, 0) is 14.4 Å². The molecule has 3 fully saturated rings. The van der Waals surface area contributed by atoms with Gasteiger partial charge in [-0.2, -0.15) is 0 Å². The zero-order valence-corrected chi connectivity index (χ0v) is 15.7. The number of carbonyl (C=O) groups is 3. The lowest BCUT2D eigenvalue weighted by molar-refractivity contribution is -0.152. The van der Waals surface area contributed by atoms with Crippen molar-refractivity contribution in [1.29, 1.82) is 0 Å². The maximum absolute atomic E-state index is 13.0. The highest BCUT2D eigenvalue weighted by Gasteiger charge is 2.48. The van der Waals surface area contributed by atoms with Gasteiger partial charge in [0.05, 0.1) is 12.5 Å². The number of carbonyl (C=O) groups excluding carboxylic acids is 3. The molecule has 0 spiro atoms. The maximum Gasteiger partial charge on any atom is 0.243 e. The monoisotopic (exact) mass is 369 g/mol. The van der Waals surface area contributed by atoms with Crippen LogP contribution in [0.2, 0.25) is 0 Å². The number of benzene rings is 1. The Morgan fingerprint density at radius 3 is 2.70 bits per heavy atom. The molecule has 4 rings (SSSR count). The second-order valence-electron chi connectivity index (χ2n) is 8.12. The topological polar surface area (TPSA) is 78.5 Å². The standard InChI is InChI=1S/C21H27N3O3/c1-13-5-4-6-15(11-13)22-19(25)12-18-20(26)23-16-7-2-3-8-17(16)24(18)21(27)14-9-10-14/h4-6,11,14,16-18H,2-3,7-10,12H2,1H3,(H,22,25)(H,23,26)/t16-,17+,18+/m0/s1. The molecule has 1 heterocycles. The van der Waals surface area contributed by atoms with E-state index in [-0.39, 0.29) is 42.1 Å². The zero-order chi connectivity index (χ0) is 19.0. The number of anilines is 1. The minimum absolute atomic E-state index is 0.00144. The van der Waals surface area contributed by atoms with Gasteiger partial charge in [-0.05, 0) is 50.3 Å². The van der Waals surface area contributed by atoms with Gasteiger partial charge in [-0.15, -0.1) is 0 Å². The summed E-state index contributed by atoms with van der Waals surface area (Å²) in [4.78, 5) is 40.1. The number of piperazine rings is 1. The first-order valence-electron chi connectivity index (χ1n) is 10.0. The summed E-state index contributed by atoms with van der Waals surface area (Å²) in [6.45, 7) is 1.96. The van der Waals surface area contributed by atoms with Gasteiger partial charge < -0.3 is 15.5 Å². The van der Waals surface area contributed by atoms with Gasteiger partial charge >= 0.3 is 0 Å². The molecule has 0 bridgehead atoms. The first kappa shape index (κ1) is 18.0. The van der Waals surface area contributed by atoms with E-state index in [0.717, 1.165) is 44.1 Å². The number of nitrogens with one attached hydrogen (secondary N) is 2. The van der Waals surface area contributed by atoms with Crippen LogP contribution < -0.4 is 10.6 Å². The third-order valence-corrected chi connectivity index (χ3v) is 5.91. The summed E-state index contributed by atoms with van der Waals surface area (Å²) >= 11 is 0. The fourth-order valence-corrected chi connectivity index (χ4v) is 4.41. The van der Waals surface area contributed by atoms with Crippen molar-refractivity contribution in [2.45, 2.75) is 70.0 Å². The van der Waals surface area contributed by atoms with Crippen LogP contribution in [0.4, 0.5) is 5.69 Å². The van der Waals surface area contributed by atoms with E-state index in [4.69, 9.17) is 0 Å². The average Bonchev–Trinajstić information content (AvgIpc) is 3.47. The molecule has 2 saturated carbocycles. The van der Waals surface area contributed by atoms with Crippen LogP contribution in [0.1, 0.15) is 50.5 Å². The van der Waals surface area contributed by atoms with Crippen LogP contribution in [0, 0.1) is 12.8 Å². The molecule has 1 aromatic rings. The second kappa shape index (κ2) is 7.33.